The van der Waals surface area contributed by atoms with E-state index < -0.39 is 12.1 Å². The average molecular weight is 920 g/mol. The molecule has 4 aromatic carbocycles. The number of nitrogens with zero attached hydrogens (tertiary/aromatic N) is 8. The van der Waals surface area contributed by atoms with Gasteiger partial charge in [0, 0.05) is 45.4 Å². The van der Waals surface area contributed by atoms with Crippen molar-refractivity contribution in [3.63, 3.8) is 0 Å². The Kier molecular flexibility index (Phi) is 14.3. The van der Waals surface area contributed by atoms with E-state index in [0.29, 0.717) is 95.8 Å². The highest BCUT2D eigenvalue weighted by molar-refractivity contribution is 6.31. The zero-order chi connectivity index (χ0) is 45.5. The van der Waals surface area contributed by atoms with Crippen molar-refractivity contribution in [1.82, 2.24) is 40.2 Å². The maximum absolute atomic E-state index is 13.4. The molecule has 16 nitrogen and oxygen atoms in total. The number of carbonyl (C=O) groups excluding carboxylic acids is 2. The first-order valence-electron chi connectivity index (χ1n) is 21.3. The van der Waals surface area contributed by atoms with Gasteiger partial charge in [0.1, 0.15) is 41.8 Å². The molecule has 2 aliphatic heterocycles. The molecule has 0 spiro atoms. The van der Waals surface area contributed by atoms with Crippen molar-refractivity contribution in [3.05, 3.63) is 141 Å². The minimum atomic E-state index is -0.621. The molecule has 0 fully saturated rings. The van der Waals surface area contributed by atoms with E-state index in [2.05, 4.69) is 31.0 Å². The van der Waals surface area contributed by atoms with Gasteiger partial charge in [-0.05, 0) is 81.4 Å². The van der Waals surface area contributed by atoms with Gasteiger partial charge in [-0.25, -0.2) is 0 Å². The lowest BCUT2D eigenvalue weighted by Crippen LogP contribution is -2.29. The van der Waals surface area contributed by atoms with Crippen LogP contribution in [-0.4, -0.2) is 106 Å². The maximum atomic E-state index is 13.4. The molecule has 8 rings (SSSR count). The maximum Gasteiger partial charge on any atom is 0.222 e. The number of aryl methyl sites for hydroxylation is 2. The highest BCUT2D eigenvalue weighted by Gasteiger charge is 2.32. The third-order valence-electron chi connectivity index (χ3n) is 10.8. The monoisotopic (exact) mass is 918 g/mol. The van der Waals surface area contributed by atoms with Crippen LogP contribution >= 0.6 is 23.2 Å². The van der Waals surface area contributed by atoms with Gasteiger partial charge >= 0.3 is 0 Å². The number of aliphatic imine (C=N–C) groups is 2. The van der Waals surface area contributed by atoms with Crippen molar-refractivity contribution in [2.75, 3.05) is 53.2 Å². The van der Waals surface area contributed by atoms with Crippen molar-refractivity contribution in [2.45, 2.75) is 45.7 Å². The first kappa shape index (κ1) is 45.1. The SMILES string of the molecule is CCNC(=O)C[C@H]1N=C(c2ccc(Cl)cc2)c2cc(OCCOCCOCCNC(=O)C[C@@H]3N=C(c4ccc(Cl)cc4)c4cc(OC)ccc4-n4c(C)nnc43)ccc2-n2c(C)nnc21. The Balaban J connectivity index is 0.837. The van der Waals surface area contributed by atoms with Crippen LogP contribution in [0.3, 0.4) is 0 Å². The van der Waals surface area contributed by atoms with E-state index in [-0.39, 0.29) is 31.3 Å². The van der Waals surface area contributed by atoms with E-state index in [0.717, 1.165) is 33.6 Å². The number of amides is 2. The summed E-state index contributed by atoms with van der Waals surface area (Å²) in [5.74, 6) is 3.44. The van der Waals surface area contributed by atoms with Crippen LogP contribution in [0.2, 0.25) is 10.0 Å². The van der Waals surface area contributed by atoms with Crippen molar-refractivity contribution in [3.8, 4) is 22.9 Å². The molecule has 4 heterocycles. The minimum Gasteiger partial charge on any atom is -0.497 e. The van der Waals surface area contributed by atoms with E-state index in [1.807, 2.05) is 115 Å². The summed E-state index contributed by atoms with van der Waals surface area (Å²) in [4.78, 5) is 36.4. The van der Waals surface area contributed by atoms with Gasteiger partial charge in [-0.1, -0.05) is 47.5 Å². The highest BCUT2D eigenvalue weighted by Crippen LogP contribution is 2.36. The molecule has 2 amide bonds. The van der Waals surface area contributed by atoms with E-state index >= 15 is 0 Å². The lowest BCUT2D eigenvalue weighted by atomic mass is 10.00. The summed E-state index contributed by atoms with van der Waals surface area (Å²) in [7, 11) is 1.62. The third kappa shape index (κ3) is 10.3. The van der Waals surface area contributed by atoms with Crippen LogP contribution in [0.4, 0.5) is 0 Å². The van der Waals surface area contributed by atoms with Crippen LogP contribution in [0.25, 0.3) is 11.4 Å². The fourth-order valence-corrected chi connectivity index (χ4v) is 8.06. The van der Waals surface area contributed by atoms with Crippen molar-refractivity contribution in [1.29, 1.82) is 0 Å². The molecule has 18 heteroatoms. The minimum absolute atomic E-state index is 0.0443. The van der Waals surface area contributed by atoms with Crippen LogP contribution < -0.4 is 20.1 Å². The van der Waals surface area contributed by atoms with Crippen LogP contribution in [-0.2, 0) is 19.1 Å². The summed E-state index contributed by atoms with van der Waals surface area (Å²) in [5.41, 5.74) is 6.31. The van der Waals surface area contributed by atoms with Crippen molar-refractivity contribution >= 4 is 46.4 Å². The number of fused-ring (bicyclic) bond motifs is 6. The predicted octanol–water partition coefficient (Wildman–Crippen LogP) is 6.71. The molecule has 2 aliphatic rings. The number of rotatable bonds is 18. The Labute approximate surface area is 386 Å². The summed E-state index contributed by atoms with van der Waals surface area (Å²) in [6.45, 7) is 8.00. The van der Waals surface area contributed by atoms with E-state index in [4.69, 9.17) is 52.1 Å². The standard InChI is InChI=1S/C47H48Cl2N10O6/c1-5-50-42(60)26-38-46-56-55-29(3)59(46)41-17-15-35(25-37(41)45(52-38)31-8-12-33(49)13-9-31)65-23-22-64-21-20-63-19-18-51-43(61)27-39-47-57-54-28(2)58(47)40-16-14-34(62-4)24-36(40)44(53-39)30-6-10-32(48)11-7-30/h6-17,24-25,38-39H,5,18-23,26-27H2,1-4H3,(H,50,60)(H,51,61)/t38-,39+/m1/s1. The number of benzene rings is 4. The van der Waals surface area contributed by atoms with Crippen LogP contribution in [0.1, 0.15) is 77.4 Å². The van der Waals surface area contributed by atoms with Gasteiger partial charge < -0.3 is 29.6 Å². The van der Waals surface area contributed by atoms with Gasteiger partial charge in [0.15, 0.2) is 11.6 Å². The first-order chi connectivity index (χ1) is 31.6. The quantitative estimate of drug-likeness (QED) is 0.0880. The summed E-state index contributed by atoms with van der Waals surface area (Å²) in [5, 5.41) is 24.6. The largest absolute Gasteiger partial charge is 0.497 e. The summed E-state index contributed by atoms with van der Waals surface area (Å²) < 4.78 is 27.2. The molecule has 2 aromatic heterocycles. The van der Waals surface area contributed by atoms with E-state index in [9.17, 15) is 9.59 Å². The topological polar surface area (TPSA) is 181 Å². The number of nitrogens with one attached hydrogen (secondary N) is 2. The molecule has 0 radical (unpaired) electrons. The highest BCUT2D eigenvalue weighted by atomic mass is 35.5. The van der Waals surface area contributed by atoms with Gasteiger partial charge in [-0.2, -0.15) is 0 Å². The Morgan fingerprint density at radius 3 is 1.62 bits per heavy atom. The Hall–Kier alpha value is -6.46. The van der Waals surface area contributed by atoms with Gasteiger partial charge in [-0.15, -0.1) is 20.4 Å². The number of hydrogen-bond donors (Lipinski definition) is 2. The molecule has 2 N–H and O–H groups in total. The Morgan fingerprint density at radius 1 is 0.615 bits per heavy atom. The normalized spacial score (nSPS) is 15.0. The number of carbonyl (C=O) groups is 2. The van der Waals surface area contributed by atoms with Crippen LogP contribution in [0.15, 0.2) is 94.9 Å². The van der Waals surface area contributed by atoms with Gasteiger partial charge in [-0.3, -0.25) is 28.7 Å². The number of aromatic nitrogens is 6. The van der Waals surface area contributed by atoms with Gasteiger partial charge in [0.05, 0.1) is 69.2 Å². The zero-order valence-corrected chi connectivity index (χ0v) is 37.9. The first-order valence-corrected chi connectivity index (χ1v) is 22.0. The number of methoxy groups -OCH3 is 1. The molecular formula is C47H48Cl2N10O6. The summed E-state index contributed by atoms with van der Waals surface area (Å²) in [6.07, 6.45) is 0.153. The summed E-state index contributed by atoms with van der Waals surface area (Å²) >= 11 is 12.5. The Morgan fingerprint density at radius 2 is 1.09 bits per heavy atom. The fourth-order valence-electron chi connectivity index (χ4n) is 7.81. The molecule has 336 valence electrons. The smallest absolute Gasteiger partial charge is 0.222 e. The molecule has 0 aliphatic carbocycles. The third-order valence-corrected chi connectivity index (χ3v) is 11.3. The van der Waals surface area contributed by atoms with E-state index in [1.165, 1.54) is 0 Å². The second-order valence-electron chi connectivity index (χ2n) is 15.2. The van der Waals surface area contributed by atoms with Gasteiger partial charge in [0.2, 0.25) is 11.8 Å². The lowest BCUT2D eigenvalue weighted by molar-refractivity contribution is -0.122. The predicted molar refractivity (Wildman–Crippen MR) is 246 cm³/mol. The molecule has 2 atom stereocenters. The Bertz CT molecular complexity index is 2730. The van der Waals surface area contributed by atoms with Crippen molar-refractivity contribution < 1.29 is 28.5 Å². The zero-order valence-electron chi connectivity index (χ0n) is 36.4. The second-order valence-corrected chi connectivity index (χ2v) is 16.1. The molecule has 6 aromatic rings. The number of ether oxygens (including phenoxy) is 4. The second kappa shape index (κ2) is 20.6. The molecule has 0 bridgehead atoms. The average Bonchev–Trinajstić information content (AvgIpc) is 3.81. The fraction of sp³-hybridized carbons (Fsp3) is 0.319. The van der Waals surface area contributed by atoms with Crippen LogP contribution in [0.5, 0.6) is 11.5 Å². The van der Waals surface area contributed by atoms with E-state index in [1.54, 1.807) is 7.11 Å². The number of halogens is 2. The molecule has 65 heavy (non-hydrogen) atoms. The van der Waals surface area contributed by atoms with Crippen LogP contribution in [0, 0.1) is 13.8 Å². The molecular weight excluding hydrogens is 871 g/mol. The lowest BCUT2D eigenvalue weighted by Gasteiger charge is -2.15. The molecule has 0 unspecified atom stereocenters. The number of hydrogen-bond acceptors (Lipinski definition) is 12. The van der Waals surface area contributed by atoms with Crippen molar-refractivity contribution in [2.24, 2.45) is 9.98 Å². The van der Waals surface area contributed by atoms with Gasteiger partial charge in [0.25, 0.3) is 0 Å². The summed E-state index contributed by atoms with van der Waals surface area (Å²) in [6, 6.07) is 25.2. The molecule has 0 saturated carbocycles. The molecule has 0 saturated heterocycles.